The minimum absolute atomic E-state index is 0.00106. The lowest BCUT2D eigenvalue weighted by Gasteiger charge is -2.19. The Labute approximate surface area is 115 Å². The zero-order chi connectivity index (χ0) is 15.1. The smallest absolute Gasteiger partial charge is 0.356 e. The monoisotopic (exact) mass is 280 g/mol. The van der Waals surface area contributed by atoms with Crippen molar-refractivity contribution in [2.24, 2.45) is 0 Å². The van der Waals surface area contributed by atoms with Crippen molar-refractivity contribution < 1.29 is 19.5 Å². The summed E-state index contributed by atoms with van der Waals surface area (Å²) in [6.45, 7) is 4.25. The molecule has 2 N–H and O–H groups in total. The van der Waals surface area contributed by atoms with Crippen LogP contribution in [0, 0.1) is 0 Å². The molecule has 0 aromatic carbocycles. The predicted molar refractivity (Wildman–Crippen MR) is 69.3 cm³/mol. The van der Waals surface area contributed by atoms with E-state index in [0.717, 1.165) is 12.4 Å². The van der Waals surface area contributed by atoms with Gasteiger partial charge < -0.3 is 15.3 Å². The van der Waals surface area contributed by atoms with Crippen molar-refractivity contribution in [1.29, 1.82) is 0 Å². The van der Waals surface area contributed by atoms with E-state index in [1.807, 2.05) is 0 Å². The molecule has 1 heterocycles. The van der Waals surface area contributed by atoms with E-state index in [9.17, 15) is 14.4 Å². The molecule has 1 aromatic heterocycles. The van der Waals surface area contributed by atoms with E-state index in [-0.39, 0.29) is 23.8 Å². The lowest BCUT2D eigenvalue weighted by Crippen LogP contribution is -2.40. The largest absolute Gasteiger partial charge is 0.476 e. The highest BCUT2D eigenvalue weighted by atomic mass is 16.4. The molecule has 108 valence electrons. The quantitative estimate of drug-likeness (QED) is 0.744. The number of carboxylic acids is 1. The van der Waals surface area contributed by atoms with Gasteiger partial charge in [-0.05, 0) is 13.8 Å². The van der Waals surface area contributed by atoms with Crippen LogP contribution in [0.5, 0.6) is 0 Å². The Morgan fingerprint density at radius 1 is 1.20 bits per heavy atom. The third kappa shape index (κ3) is 4.01. The van der Waals surface area contributed by atoms with E-state index in [4.69, 9.17) is 5.11 Å². The number of carboxylic acid groups (broad SMARTS) is 1. The number of nitrogens with zero attached hydrogens (tertiary/aromatic N) is 3. The highest BCUT2D eigenvalue weighted by molar-refractivity contribution is 5.95. The minimum atomic E-state index is -1.22. The first kappa shape index (κ1) is 15.5. The van der Waals surface area contributed by atoms with Gasteiger partial charge in [-0.25, -0.2) is 14.8 Å². The van der Waals surface area contributed by atoms with Crippen LogP contribution in [0.3, 0.4) is 0 Å². The van der Waals surface area contributed by atoms with Gasteiger partial charge in [0.15, 0.2) is 5.69 Å². The summed E-state index contributed by atoms with van der Waals surface area (Å²) in [5.41, 5.74) is -0.241. The molecule has 8 nitrogen and oxygen atoms in total. The number of aromatic carboxylic acids is 1. The maximum Gasteiger partial charge on any atom is 0.356 e. The first-order valence-electron chi connectivity index (χ1n) is 6.10. The summed E-state index contributed by atoms with van der Waals surface area (Å²) >= 11 is 0. The summed E-state index contributed by atoms with van der Waals surface area (Å²) in [5.74, 6) is -1.95. The second kappa shape index (κ2) is 7.17. The lowest BCUT2D eigenvalue weighted by atomic mass is 10.3. The summed E-state index contributed by atoms with van der Waals surface area (Å²) in [4.78, 5) is 42.9. The average Bonchev–Trinajstić information content (AvgIpc) is 2.44. The maximum atomic E-state index is 12.1. The van der Waals surface area contributed by atoms with Crippen molar-refractivity contribution in [2.45, 2.75) is 13.8 Å². The summed E-state index contributed by atoms with van der Waals surface area (Å²) in [6.07, 6.45) is 2.10. The highest BCUT2D eigenvalue weighted by Gasteiger charge is 2.19. The van der Waals surface area contributed by atoms with Gasteiger partial charge in [0.25, 0.3) is 5.91 Å². The van der Waals surface area contributed by atoms with Crippen LogP contribution in [-0.4, -0.2) is 57.4 Å². The Morgan fingerprint density at radius 3 is 2.25 bits per heavy atom. The minimum Gasteiger partial charge on any atom is -0.476 e. The Morgan fingerprint density at radius 2 is 1.80 bits per heavy atom. The molecule has 0 radical (unpaired) electrons. The number of hydrogen-bond acceptors (Lipinski definition) is 5. The van der Waals surface area contributed by atoms with E-state index >= 15 is 0 Å². The van der Waals surface area contributed by atoms with Crippen LogP contribution in [0.25, 0.3) is 0 Å². The van der Waals surface area contributed by atoms with E-state index in [1.165, 1.54) is 4.90 Å². The Balaban J connectivity index is 2.80. The molecule has 0 fully saturated rings. The highest BCUT2D eigenvalue weighted by Crippen LogP contribution is 2.02. The van der Waals surface area contributed by atoms with E-state index < -0.39 is 11.9 Å². The first-order chi connectivity index (χ1) is 9.49. The molecular formula is C12H16N4O4. The molecule has 1 rings (SSSR count). The Hall–Kier alpha value is -2.51. The molecule has 0 spiro atoms. The van der Waals surface area contributed by atoms with Gasteiger partial charge in [0, 0.05) is 13.1 Å². The second-order valence-corrected chi connectivity index (χ2v) is 3.86. The van der Waals surface area contributed by atoms with Crippen molar-refractivity contribution in [3.63, 3.8) is 0 Å². The van der Waals surface area contributed by atoms with Crippen molar-refractivity contribution in [2.75, 3.05) is 19.6 Å². The number of aromatic nitrogens is 2. The van der Waals surface area contributed by atoms with Crippen molar-refractivity contribution in [3.8, 4) is 0 Å². The SMILES string of the molecule is CCNC(=O)CN(CC)C(=O)c1cnc(C(=O)O)cn1. The number of hydrogen-bond donors (Lipinski definition) is 2. The van der Waals surface area contributed by atoms with Gasteiger partial charge in [-0.15, -0.1) is 0 Å². The van der Waals surface area contributed by atoms with Crippen molar-refractivity contribution in [1.82, 2.24) is 20.2 Å². The molecule has 2 amide bonds. The fraction of sp³-hybridized carbons (Fsp3) is 0.417. The maximum absolute atomic E-state index is 12.1. The molecule has 1 aromatic rings. The zero-order valence-electron chi connectivity index (χ0n) is 11.3. The van der Waals surface area contributed by atoms with Crippen LogP contribution >= 0.6 is 0 Å². The van der Waals surface area contributed by atoms with E-state index in [1.54, 1.807) is 13.8 Å². The molecule has 0 saturated carbocycles. The molecule has 8 heteroatoms. The fourth-order valence-corrected chi connectivity index (χ4v) is 1.46. The summed E-state index contributed by atoms with van der Waals surface area (Å²) < 4.78 is 0. The van der Waals surface area contributed by atoms with Gasteiger partial charge in [-0.2, -0.15) is 0 Å². The van der Waals surface area contributed by atoms with Crippen molar-refractivity contribution >= 4 is 17.8 Å². The van der Waals surface area contributed by atoms with Crippen LogP contribution in [0.4, 0.5) is 0 Å². The lowest BCUT2D eigenvalue weighted by molar-refractivity contribution is -0.121. The van der Waals surface area contributed by atoms with Crippen LogP contribution in [0.1, 0.15) is 34.8 Å². The standard InChI is InChI=1S/C12H16N4O4/c1-3-13-10(17)7-16(4-2)11(18)8-5-15-9(6-14-8)12(19)20/h5-6H,3-4,7H2,1-2H3,(H,13,17)(H,19,20). The van der Waals surface area contributed by atoms with Crippen LogP contribution in [0.15, 0.2) is 12.4 Å². The van der Waals surface area contributed by atoms with Gasteiger partial charge in [0.05, 0.1) is 18.9 Å². The number of amides is 2. The Bertz CT molecular complexity index is 501. The molecule has 0 bridgehead atoms. The molecule has 0 unspecified atom stereocenters. The van der Waals surface area contributed by atoms with Crippen LogP contribution < -0.4 is 5.32 Å². The summed E-state index contributed by atoms with van der Waals surface area (Å²) in [6, 6.07) is 0. The predicted octanol–water partition coefficient (Wildman–Crippen LogP) is -0.227. The zero-order valence-corrected chi connectivity index (χ0v) is 11.3. The molecule has 0 aliphatic carbocycles. The molecule has 0 atom stereocenters. The van der Waals surface area contributed by atoms with Crippen LogP contribution in [-0.2, 0) is 4.79 Å². The molecule has 20 heavy (non-hydrogen) atoms. The van der Waals surface area contributed by atoms with Gasteiger partial charge in [-0.3, -0.25) is 9.59 Å². The normalized spacial score (nSPS) is 9.90. The number of nitrogens with one attached hydrogen (secondary N) is 1. The fourth-order valence-electron chi connectivity index (χ4n) is 1.46. The van der Waals surface area contributed by atoms with Gasteiger partial charge >= 0.3 is 5.97 Å². The number of carbonyl (C=O) groups is 3. The number of likely N-dealkylation sites (N-methyl/N-ethyl adjacent to an activating group) is 2. The average molecular weight is 280 g/mol. The first-order valence-corrected chi connectivity index (χ1v) is 6.10. The second-order valence-electron chi connectivity index (χ2n) is 3.86. The molecule has 0 aliphatic rings. The van der Waals surface area contributed by atoms with Crippen LogP contribution in [0.2, 0.25) is 0 Å². The number of rotatable bonds is 6. The molecule has 0 aliphatic heterocycles. The van der Waals surface area contributed by atoms with Gasteiger partial charge in [0.2, 0.25) is 5.91 Å². The van der Waals surface area contributed by atoms with E-state index in [2.05, 4.69) is 15.3 Å². The third-order valence-corrected chi connectivity index (χ3v) is 2.47. The Kier molecular flexibility index (Phi) is 5.57. The molecular weight excluding hydrogens is 264 g/mol. The van der Waals surface area contributed by atoms with Gasteiger partial charge in [-0.1, -0.05) is 0 Å². The molecule has 0 saturated heterocycles. The summed E-state index contributed by atoms with van der Waals surface area (Å²) in [7, 11) is 0. The van der Waals surface area contributed by atoms with E-state index in [0.29, 0.717) is 13.1 Å². The third-order valence-electron chi connectivity index (χ3n) is 2.47. The van der Waals surface area contributed by atoms with Gasteiger partial charge in [0.1, 0.15) is 5.69 Å². The van der Waals surface area contributed by atoms with Crippen molar-refractivity contribution in [3.05, 3.63) is 23.8 Å². The topological polar surface area (TPSA) is 112 Å². The number of carbonyl (C=O) groups excluding carboxylic acids is 2. The summed E-state index contributed by atoms with van der Waals surface area (Å²) in [5, 5.41) is 11.3.